The Bertz CT molecular complexity index is 925. The Balaban J connectivity index is 1.41. The third-order valence-electron chi connectivity index (χ3n) is 6.24. The van der Waals surface area contributed by atoms with Gasteiger partial charge in [0.1, 0.15) is 12.4 Å². The Morgan fingerprint density at radius 1 is 1.33 bits per heavy atom. The number of fused-ring (bicyclic) bond motifs is 1. The lowest BCUT2D eigenvalue weighted by Gasteiger charge is -2.37. The van der Waals surface area contributed by atoms with Crippen molar-refractivity contribution >= 4 is 17.2 Å². The van der Waals surface area contributed by atoms with Crippen LogP contribution in [0.4, 0.5) is 0 Å². The normalized spacial score (nSPS) is 18.8. The Morgan fingerprint density at radius 3 is 2.85 bits per heavy atom. The molecule has 1 amide bonds. The van der Waals surface area contributed by atoms with E-state index in [0.717, 1.165) is 25.0 Å². The lowest BCUT2D eigenvalue weighted by Crippen LogP contribution is -2.48. The van der Waals surface area contributed by atoms with Gasteiger partial charge < -0.3 is 19.5 Å². The Hall–Kier alpha value is -2.19. The van der Waals surface area contributed by atoms with Crippen LogP contribution in [-0.2, 0) is 16.0 Å². The fourth-order valence-corrected chi connectivity index (χ4v) is 5.27. The van der Waals surface area contributed by atoms with E-state index in [1.165, 1.54) is 16.0 Å². The number of carbonyl (C=O) groups excluding carboxylic acids is 1. The molecule has 178 valence electrons. The van der Waals surface area contributed by atoms with Crippen molar-refractivity contribution in [3.05, 3.63) is 64.4 Å². The van der Waals surface area contributed by atoms with Crippen molar-refractivity contribution < 1.29 is 19.4 Å². The summed E-state index contributed by atoms with van der Waals surface area (Å²) in [6, 6.07) is 10.4. The lowest BCUT2D eigenvalue weighted by atomic mass is 10.0. The molecule has 0 radical (unpaired) electrons. The van der Waals surface area contributed by atoms with E-state index in [0.29, 0.717) is 38.9 Å². The summed E-state index contributed by atoms with van der Waals surface area (Å²) in [6.07, 6.45) is 4.07. The summed E-state index contributed by atoms with van der Waals surface area (Å²) in [5, 5.41) is 12.5. The molecule has 0 saturated heterocycles. The molecule has 2 heterocycles. The number of aliphatic hydroxyl groups is 1. The van der Waals surface area contributed by atoms with Crippen molar-refractivity contribution in [2.45, 2.75) is 44.4 Å². The number of amides is 1. The molecule has 0 unspecified atom stereocenters. The Morgan fingerprint density at radius 2 is 2.12 bits per heavy atom. The highest BCUT2D eigenvalue weighted by atomic mass is 32.1. The van der Waals surface area contributed by atoms with Crippen LogP contribution in [0.15, 0.2) is 48.4 Å². The van der Waals surface area contributed by atoms with Gasteiger partial charge in [0.15, 0.2) is 0 Å². The summed E-state index contributed by atoms with van der Waals surface area (Å²) in [5.74, 6) is 0.910. The van der Waals surface area contributed by atoms with Gasteiger partial charge in [0.2, 0.25) is 5.91 Å². The third-order valence-corrected chi connectivity index (χ3v) is 7.23. The fourth-order valence-electron chi connectivity index (χ4n) is 4.34. The summed E-state index contributed by atoms with van der Waals surface area (Å²) in [6.45, 7) is 8.22. The highest BCUT2D eigenvalue weighted by Crippen LogP contribution is 2.34. The number of hydrogen-bond donors (Lipinski definition) is 1. The van der Waals surface area contributed by atoms with E-state index in [2.05, 4.69) is 29.8 Å². The van der Waals surface area contributed by atoms with Crippen LogP contribution < -0.4 is 4.74 Å². The molecular weight excluding hydrogens is 436 g/mol. The van der Waals surface area contributed by atoms with Crippen LogP contribution in [0.2, 0.25) is 0 Å². The Kier molecular flexibility index (Phi) is 8.20. The Labute approximate surface area is 200 Å². The maximum absolute atomic E-state index is 13.5. The van der Waals surface area contributed by atoms with Crippen molar-refractivity contribution in [2.75, 3.05) is 39.5 Å². The minimum absolute atomic E-state index is 0.0930. The standard InChI is InChI=1S/C26H34N2O4S/c1-3-13-31-17-21(29)15-27(20-6-7-20)16-26(30)28-12-10-25-23(11-14-33-25)24(28)18-32-22-8-4-19(2)5-9-22/h3-5,8-9,11,14,20-21,24,29H,1,6-7,10,12-13,15-18H2,2H3/t21-,24+/m0/s1. The minimum atomic E-state index is -0.621. The highest BCUT2D eigenvalue weighted by molar-refractivity contribution is 7.10. The number of aryl methyl sites for hydroxylation is 1. The van der Waals surface area contributed by atoms with E-state index in [1.807, 2.05) is 29.2 Å². The summed E-state index contributed by atoms with van der Waals surface area (Å²) < 4.78 is 11.5. The molecule has 0 spiro atoms. The molecule has 7 heteroatoms. The summed E-state index contributed by atoms with van der Waals surface area (Å²) >= 11 is 1.76. The maximum atomic E-state index is 13.5. The van der Waals surface area contributed by atoms with Crippen molar-refractivity contribution in [1.29, 1.82) is 0 Å². The second kappa shape index (κ2) is 11.3. The van der Waals surface area contributed by atoms with Crippen LogP contribution in [0.1, 0.15) is 34.9 Å². The molecule has 1 aliphatic heterocycles. The van der Waals surface area contributed by atoms with Gasteiger partial charge in [-0.05, 0) is 55.3 Å². The van der Waals surface area contributed by atoms with E-state index in [4.69, 9.17) is 9.47 Å². The van der Waals surface area contributed by atoms with Gasteiger partial charge in [-0.15, -0.1) is 17.9 Å². The molecule has 1 aromatic heterocycles. The maximum Gasteiger partial charge on any atom is 0.237 e. The largest absolute Gasteiger partial charge is 0.491 e. The number of hydrogen-bond acceptors (Lipinski definition) is 6. The monoisotopic (exact) mass is 470 g/mol. The predicted octanol–water partition coefficient (Wildman–Crippen LogP) is 3.59. The van der Waals surface area contributed by atoms with Gasteiger partial charge in [0.25, 0.3) is 0 Å². The molecule has 4 rings (SSSR count). The summed E-state index contributed by atoms with van der Waals surface area (Å²) in [7, 11) is 0. The quantitative estimate of drug-likeness (QED) is 0.379. The van der Waals surface area contributed by atoms with Gasteiger partial charge in [0, 0.05) is 24.0 Å². The van der Waals surface area contributed by atoms with Crippen LogP contribution in [0.25, 0.3) is 0 Å². The predicted molar refractivity (Wildman–Crippen MR) is 131 cm³/mol. The zero-order valence-electron chi connectivity index (χ0n) is 19.3. The molecule has 1 N–H and O–H groups in total. The first-order valence-corrected chi connectivity index (χ1v) is 12.6. The highest BCUT2D eigenvalue weighted by Gasteiger charge is 2.36. The van der Waals surface area contributed by atoms with Crippen molar-refractivity contribution in [1.82, 2.24) is 9.80 Å². The zero-order valence-corrected chi connectivity index (χ0v) is 20.1. The van der Waals surface area contributed by atoms with E-state index in [9.17, 15) is 9.90 Å². The SMILES string of the molecule is C=CCOC[C@@H](O)CN(CC(=O)N1CCc2sccc2[C@H]1COc1ccc(C)cc1)C1CC1. The molecule has 2 aromatic rings. The summed E-state index contributed by atoms with van der Waals surface area (Å²) in [5.41, 5.74) is 2.39. The first-order chi connectivity index (χ1) is 16.0. The first kappa shape index (κ1) is 24.0. The van der Waals surface area contributed by atoms with Crippen LogP contribution >= 0.6 is 11.3 Å². The van der Waals surface area contributed by atoms with Crippen LogP contribution in [-0.4, -0.2) is 72.4 Å². The molecule has 1 aromatic carbocycles. The van der Waals surface area contributed by atoms with Gasteiger partial charge in [0.05, 0.1) is 31.9 Å². The topological polar surface area (TPSA) is 62.2 Å². The molecule has 2 aliphatic rings. The van der Waals surface area contributed by atoms with Crippen molar-refractivity contribution in [2.24, 2.45) is 0 Å². The number of benzene rings is 1. The number of rotatable bonds is 12. The van der Waals surface area contributed by atoms with E-state index >= 15 is 0 Å². The minimum Gasteiger partial charge on any atom is -0.491 e. The van der Waals surface area contributed by atoms with Crippen molar-refractivity contribution in [3.8, 4) is 5.75 Å². The van der Waals surface area contributed by atoms with Gasteiger partial charge in [-0.3, -0.25) is 9.69 Å². The molecule has 1 aliphatic carbocycles. The van der Waals surface area contributed by atoms with E-state index in [-0.39, 0.29) is 18.6 Å². The fraction of sp³-hybridized carbons (Fsp3) is 0.500. The molecule has 1 fully saturated rings. The van der Waals surface area contributed by atoms with Crippen LogP contribution in [0, 0.1) is 6.92 Å². The van der Waals surface area contributed by atoms with E-state index < -0.39 is 6.10 Å². The number of thiophene rings is 1. The van der Waals surface area contributed by atoms with Crippen molar-refractivity contribution in [3.63, 3.8) is 0 Å². The first-order valence-electron chi connectivity index (χ1n) is 11.7. The second-order valence-corrected chi connectivity index (χ2v) is 9.92. The number of carbonyl (C=O) groups is 1. The van der Waals surface area contributed by atoms with Gasteiger partial charge in [-0.2, -0.15) is 0 Å². The summed E-state index contributed by atoms with van der Waals surface area (Å²) in [4.78, 5) is 18.9. The third kappa shape index (κ3) is 6.44. The second-order valence-electron chi connectivity index (χ2n) is 8.92. The molecule has 33 heavy (non-hydrogen) atoms. The van der Waals surface area contributed by atoms with Gasteiger partial charge >= 0.3 is 0 Å². The molecule has 2 atom stereocenters. The van der Waals surface area contributed by atoms with Crippen LogP contribution in [0.5, 0.6) is 5.75 Å². The number of ether oxygens (including phenoxy) is 2. The van der Waals surface area contributed by atoms with Gasteiger partial charge in [-0.25, -0.2) is 0 Å². The van der Waals surface area contributed by atoms with Gasteiger partial charge in [-0.1, -0.05) is 23.8 Å². The molecule has 1 saturated carbocycles. The number of nitrogens with zero attached hydrogens (tertiary/aromatic N) is 2. The van der Waals surface area contributed by atoms with Crippen LogP contribution in [0.3, 0.4) is 0 Å². The average Bonchev–Trinajstić information content (AvgIpc) is 3.55. The lowest BCUT2D eigenvalue weighted by molar-refractivity contribution is -0.136. The smallest absolute Gasteiger partial charge is 0.237 e. The zero-order chi connectivity index (χ0) is 23.2. The average molecular weight is 471 g/mol. The molecule has 0 bridgehead atoms. The number of aliphatic hydroxyl groups excluding tert-OH is 1. The molecular formula is C26H34N2O4S. The molecule has 6 nitrogen and oxygen atoms in total. The van der Waals surface area contributed by atoms with E-state index in [1.54, 1.807) is 17.4 Å².